The van der Waals surface area contributed by atoms with E-state index in [0.717, 1.165) is 0 Å². The van der Waals surface area contributed by atoms with Crippen LogP contribution in [0.5, 0.6) is 0 Å². The van der Waals surface area contributed by atoms with Gasteiger partial charge in [-0.15, -0.1) is 0 Å². The van der Waals surface area contributed by atoms with Crippen LogP contribution in [0, 0.1) is 5.82 Å². The zero-order valence-electron chi connectivity index (χ0n) is 8.97. The Hall–Kier alpha value is -1.13. The molecule has 5 heteroatoms. The maximum atomic E-state index is 12.8. The summed E-state index contributed by atoms with van der Waals surface area (Å²) in [5, 5.41) is 2.61. The zero-order valence-corrected chi connectivity index (χ0v) is 9.72. The summed E-state index contributed by atoms with van der Waals surface area (Å²) in [6.45, 7) is 1.84. The van der Waals surface area contributed by atoms with Crippen molar-refractivity contribution < 1.29 is 9.18 Å². The molecule has 0 radical (unpaired) electrons. The monoisotopic (exact) mass is 244 g/mol. The molecule has 1 aromatic carbocycles. The van der Waals surface area contributed by atoms with Crippen molar-refractivity contribution in [3.63, 3.8) is 0 Å². The highest BCUT2D eigenvalue weighted by molar-refractivity contribution is 6.31. The predicted octanol–water partition coefficient (Wildman–Crippen LogP) is 2.55. The van der Waals surface area contributed by atoms with E-state index < -0.39 is 5.82 Å². The molecular formula is C11H14ClFN2O. The van der Waals surface area contributed by atoms with Crippen LogP contribution in [-0.2, 0) is 4.79 Å². The fourth-order valence-corrected chi connectivity index (χ4v) is 1.34. The van der Waals surface area contributed by atoms with Crippen LogP contribution in [0.25, 0.3) is 0 Å². The van der Waals surface area contributed by atoms with Crippen LogP contribution in [0.4, 0.5) is 10.1 Å². The van der Waals surface area contributed by atoms with E-state index in [1.807, 2.05) is 6.92 Å². The summed E-state index contributed by atoms with van der Waals surface area (Å²) < 4.78 is 12.8. The lowest BCUT2D eigenvalue weighted by Gasteiger charge is -2.07. The second-order valence-electron chi connectivity index (χ2n) is 3.69. The van der Waals surface area contributed by atoms with Gasteiger partial charge in [-0.3, -0.25) is 4.79 Å². The van der Waals surface area contributed by atoms with Crippen LogP contribution in [0.1, 0.15) is 19.8 Å². The van der Waals surface area contributed by atoms with Crippen LogP contribution < -0.4 is 11.1 Å². The minimum atomic E-state index is -0.504. The van der Waals surface area contributed by atoms with E-state index in [0.29, 0.717) is 18.5 Å². The van der Waals surface area contributed by atoms with Crippen LogP contribution >= 0.6 is 11.6 Å². The van der Waals surface area contributed by atoms with Crippen molar-refractivity contribution in [3.05, 3.63) is 29.0 Å². The van der Waals surface area contributed by atoms with Crippen molar-refractivity contribution in [2.75, 3.05) is 5.32 Å². The molecule has 0 bridgehead atoms. The summed E-state index contributed by atoms with van der Waals surface area (Å²) in [6, 6.07) is 4.04. The Balaban J connectivity index is 2.53. The Morgan fingerprint density at radius 2 is 2.31 bits per heavy atom. The van der Waals surface area contributed by atoms with Gasteiger partial charge in [-0.25, -0.2) is 4.39 Å². The van der Waals surface area contributed by atoms with Crippen LogP contribution in [0.15, 0.2) is 18.2 Å². The SMILES string of the molecule is CC(N)CCC(=O)Nc1ccc(F)c(Cl)c1. The molecular weight excluding hydrogens is 231 g/mol. The molecule has 0 aliphatic carbocycles. The number of carbonyl (C=O) groups is 1. The van der Waals surface area contributed by atoms with Crippen molar-refractivity contribution in [1.29, 1.82) is 0 Å². The summed E-state index contributed by atoms with van der Waals surface area (Å²) in [5.74, 6) is -0.657. The molecule has 1 amide bonds. The highest BCUT2D eigenvalue weighted by Gasteiger charge is 2.06. The molecule has 3 nitrogen and oxygen atoms in total. The number of benzene rings is 1. The second kappa shape index (κ2) is 5.82. The molecule has 0 aliphatic rings. The van der Waals surface area contributed by atoms with Gasteiger partial charge in [0, 0.05) is 18.2 Å². The van der Waals surface area contributed by atoms with Crippen LogP contribution in [0.3, 0.4) is 0 Å². The molecule has 0 saturated carbocycles. The molecule has 1 rings (SSSR count). The number of amides is 1. The van der Waals surface area contributed by atoms with Gasteiger partial charge in [0.2, 0.25) is 5.91 Å². The molecule has 0 aromatic heterocycles. The number of nitrogens with one attached hydrogen (secondary N) is 1. The summed E-state index contributed by atoms with van der Waals surface area (Å²) in [7, 11) is 0. The fourth-order valence-electron chi connectivity index (χ4n) is 1.16. The Labute approximate surface area is 98.8 Å². The first kappa shape index (κ1) is 12.9. The number of carbonyl (C=O) groups excluding carboxylic acids is 1. The summed E-state index contributed by atoms with van der Waals surface area (Å²) in [5.41, 5.74) is 6.01. The second-order valence-corrected chi connectivity index (χ2v) is 4.10. The number of hydrogen-bond acceptors (Lipinski definition) is 2. The highest BCUT2D eigenvalue weighted by atomic mass is 35.5. The molecule has 3 N–H and O–H groups in total. The van der Waals surface area contributed by atoms with E-state index in [9.17, 15) is 9.18 Å². The lowest BCUT2D eigenvalue weighted by atomic mass is 10.2. The quantitative estimate of drug-likeness (QED) is 0.855. The van der Waals surface area contributed by atoms with E-state index in [1.54, 1.807) is 0 Å². The van der Waals surface area contributed by atoms with E-state index in [4.69, 9.17) is 17.3 Å². The first-order chi connectivity index (χ1) is 7.49. The standard InChI is InChI=1S/C11H14ClFN2O/c1-7(14)2-5-11(16)15-8-3-4-10(13)9(12)6-8/h3-4,6-7H,2,5,14H2,1H3,(H,15,16). The van der Waals surface area contributed by atoms with Crippen molar-refractivity contribution in [3.8, 4) is 0 Å². The van der Waals surface area contributed by atoms with E-state index in [-0.39, 0.29) is 17.0 Å². The summed E-state index contributed by atoms with van der Waals surface area (Å²) >= 11 is 5.58. The van der Waals surface area contributed by atoms with Crippen molar-refractivity contribution >= 4 is 23.2 Å². The first-order valence-electron chi connectivity index (χ1n) is 4.99. The number of nitrogens with two attached hydrogens (primary N) is 1. The Bertz CT molecular complexity index is 382. The number of rotatable bonds is 4. The Morgan fingerprint density at radius 3 is 2.88 bits per heavy atom. The number of anilines is 1. The lowest BCUT2D eigenvalue weighted by molar-refractivity contribution is -0.116. The van der Waals surface area contributed by atoms with Gasteiger partial charge >= 0.3 is 0 Å². The van der Waals surface area contributed by atoms with E-state index in [1.165, 1.54) is 18.2 Å². The number of halogens is 2. The molecule has 16 heavy (non-hydrogen) atoms. The normalized spacial score (nSPS) is 12.2. The van der Waals surface area contributed by atoms with Crippen molar-refractivity contribution in [2.45, 2.75) is 25.8 Å². The largest absolute Gasteiger partial charge is 0.328 e. The van der Waals surface area contributed by atoms with Crippen molar-refractivity contribution in [1.82, 2.24) is 0 Å². The van der Waals surface area contributed by atoms with Gasteiger partial charge in [-0.1, -0.05) is 11.6 Å². The summed E-state index contributed by atoms with van der Waals surface area (Å²) in [6.07, 6.45) is 0.952. The molecule has 88 valence electrons. The number of hydrogen-bond donors (Lipinski definition) is 2. The molecule has 1 unspecified atom stereocenters. The fraction of sp³-hybridized carbons (Fsp3) is 0.364. The Morgan fingerprint density at radius 1 is 1.62 bits per heavy atom. The minimum Gasteiger partial charge on any atom is -0.328 e. The maximum Gasteiger partial charge on any atom is 0.224 e. The first-order valence-corrected chi connectivity index (χ1v) is 5.37. The molecule has 1 aromatic rings. The maximum absolute atomic E-state index is 12.8. The summed E-state index contributed by atoms with van der Waals surface area (Å²) in [4.78, 5) is 11.4. The molecule has 0 fully saturated rings. The van der Waals surface area contributed by atoms with Crippen LogP contribution in [0.2, 0.25) is 5.02 Å². The topological polar surface area (TPSA) is 55.1 Å². The van der Waals surface area contributed by atoms with Gasteiger partial charge in [0.05, 0.1) is 5.02 Å². The van der Waals surface area contributed by atoms with Gasteiger partial charge in [0.15, 0.2) is 0 Å². The average Bonchev–Trinajstić information content (AvgIpc) is 2.21. The lowest BCUT2D eigenvalue weighted by Crippen LogP contribution is -2.19. The van der Waals surface area contributed by atoms with Gasteiger partial charge < -0.3 is 11.1 Å². The minimum absolute atomic E-state index is 0.00927. The molecule has 0 heterocycles. The molecule has 0 spiro atoms. The molecule has 0 aliphatic heterocycles. The third-order valence-corrected chi connectivity index (χ3v) is 2.32. The van der Waals surface area contributed by atoms with Crippen LogP contribution in [-0.4, -0.2) is 11.9 Å². The molecule has 0 saturated heterocycles. The third kappa shape index (κ3) is 4.16. The van der Waals surface area contributed by atoms with E-state index >= 15 is 0 Å². The molecule has 1 atom stereocenters. The smallest absolute Gasteiger partial charge is 0.224 e. The van der Waals surface area contributed by atoms with Gasteiger partial charge in [-0.05, 0) is 31.5 Å². The third-order valence-electron chi connectivity index (χ3n) is 2.03. The predicted molar refractivity (Wildman–Crippen MR) is 62.9 cm³/mol. The zero-order chi connectivity index (χ0) is 12.1. The van der Waals surface area contributed by atoms with E-state index in [2.05, 4.69) is 5.32 Å². The van der Waals surface area contributed by atoms with Gasteiger partial charge in [0.1, 0.15) is 5.82 Å². The highest BCUT2D eigenvalue weighted by Crippen LogP contribution is 2.19. The average molecular weight is 245 g/mol. The Kier molecular flexibility index (Phi) is 4.71. The van der Waals surface area contributed by atoms with Crippen molar-refractivity contribution in [2.24, 2.45) is 5.73 Å². The van der Waals surface area contributed by atoms with Gasteiger partial charge in [0.25, 0.3) is 0 Å². The van der Waals surface area contributed by atoms with Gasteiger partial charge in [-0.2, -0.15) is 0 Å².